The van der Waals surface area contributed by atoms with E-state index in [1.807, 2.05) is 0 Å². The third-order valence-electron chi connectivity index (χ3n) is 2.22. The molecule has 0 radical (unpaired) electrons. The van der Waals surface area contributed by atoms with Crippen LogP contribution in [0.2, 0.25) is 5.02 Å². The summed E-state index contributed by atoms with van der Waals surface area (Å²) >= 11 is 5.94. The molecule has 1 aromatic heterocycles. The minimum atomic E-state index is -0.521. The van der Waals surface area contributed by atoms with Gasteiger partial charge in [0, 0.05) is 6.07 Å². The Hall–Kier alpha value is -1.85. The van der Waals surface area contributed by atoms with E-state index in [0.717, 1.165) is 10.7 Å². The highest BCUT2D eigenvalue weighted by atomic mass is 35.5. The number of halogens is 1. The monoisotopic (exact) mass is 252 g/mol. The van der Waals surface area contributed by atoms with Gasteiger partial charge in [-0.3, -0.25) is 4.79 Å². The van der Waals surface area contributed by atoms with Crippen LogP contribution in [-0.2, 0) is 6.61 Å². The molecule has 1 heterocycles. The van der Waals surface area contributed by atoms with Crippen LogP contribution in [-0.4, -0.2) is 20.0 Å². The van der Waals surface area contributed by atoms with E-state index < -0.39 is 12.2 Å². The zero-order chi connectivity index (χ0) is 12.4. The molecule has 0 bridgehead atoms. The molecule has 6 heteroatoms. The molecule has 2 rings (SSSR count). The number of para-hydroxylation sites is 1. The van der Waals surface area contributed by atoms with Crippen LogP contribution in [0.15, 0.2) is 35.1 Å². The van der Waals surface area contributed by atoms with Gasteiger partial charge in [-0.2, -0.15) is 9.78 Å². The van der Waals surface area contributed by atoms with E-state index in [-0.39, 0.29) is 11.4 Å². The van der Waals surface area contributed by atoms with Crippen LogP contribution in [0.4, 0.5) is 0 Å². The highest BCUT2D eigenvalue weighted by Gasteiger charge is 2.10. The summed E-state index contributed by atoms with van der Waals surface area (Å²) in [4.78, 5) is 11.7. The third kappa shape index (κ3) is 2.15. The lowest BCUT2D eigenvalue weighted by Gasteiger charge is -2.08. The second-order valence-corrected chi connectivity index (χ2v) is 3.74. The molecule has 2 N–H and O–H groups in total. The van der Waals surface area contributed by atoms with E-state index in [0.29, 0.717) is 10.7 Å². The molecule has 0 aliphatic heterocycles. The van der Waals surface area contributed by atoms with Gasteiger partial charge in [0.15, 0.2) is 0 Å². The van der Waals surface area contributed by atoms with E-state index in [1.54, 1.807) is 24.3 Å². The van der Waals surface area contributed by atoms with E-state index in [9.17, 15) is 9.90 Å². The van der Waals surface area contributed by atoms with Crippen molar-refractivity contribution in [3.05, 3.63) is 51.4 Å². The van der Waals surface area contributed by atoms with Crippen molar-refractivity contribution in [2.75, 3.05) is 0 Å². The summed E-state index contributed by atoms with van der Waals surface area (Å²) in [7, 11) is 0. The summed E-state index contributed by atoms with van der Waals surface area (Å²) < 4.78 is 1.04. The van der Waals surface area contributed by atoms with Gasteiger partial charge in [-0.15, -0.1) is 0 Å². The van der Waals surface area contributed by atoms with Crippen LogP contribution in [0.1, 0.15) is 5.69 Å². The van der Waals surface area contributed by atoms with Crippen LogP contribution < -0.4 is 5.56 Å². The Kier molecular flexibility index (Phi) is 3.12. The molecule has 5 nitrogen and oxygen atoms in total. The summed E-state index contributed by atoms with van der Waals surface area (Å²) in [6.45, 7) is -0.462. The standard InChI is InChI=1S/C11H9ClN2O3/c12-7-3-1-2-4-9(7)14-11(17)5-10(16)8(6-15)13-14/h1-5,15-16H,6H2. The SMILES string of the molecule is O=c1cc(O)c(CO)nn1-c1ccccc1Cl. The summed E-state index contributed by atoms with van der Waals surface area (Å²) in [6, 6.07) is 7.67. The van der Waals surface area contributed by atoms with Gasteiger partial charge in [-0.25, -0.2) is 0 Å². The quantitative estimate of drug-likeness (QED) is 0.839. The molecule has 0 atom stereocenters. The second-order valence-electron chi connectivity index (χ2n) is 3.34. The number of nitrogens with zero attached hydrogens (tertiary/aromatic N) is 2. The van der Waals surface area contributed by atoms with Crippen LogP contribution in [0.25, 0.3) is 5.69 Å². The molecule has 0 spiro atoms. The molecule has 0 saturated heterocycles. The average Bonchev–Trinajstić information content (AvgIpc) is 2.31. The molecule has 2 aromatic rings. The Bertz CT molecular complexity index is 610. The normalized spacial score (nSPS) is 10.5. The third-order valence-corrected chi connectivity index (χ3v) is 2.54. The fourth-order valence-corrected chi connectivity index (χ4v) is 1.61. The van der Waals surface area contributed by atoms with Gasteiger partial charge in [0.25, 0.3) is 5.56 Å². The lowest BCUT2D eigenvalue weighted by Crippen LogP contribution is -2.21. The molecular formula is C11H9ClN2O3. The molecule has 0 aliphatic rings. The summed E-state index contributed by atoms with van der Waals surface area (Å²) in [5, 5.41) is 22.5. The fraction of sp³-hybridized carbons (Fsp3) is 0.0909. The van der Waals surface area contributed by atoms with E-state index in [2.05, 4.69) is 5.10 Å². The Morgan fingerprint density at radius 3 is 2.71 bits per heavy atom. The Morgan fingerprint density at radius 1 is 1.35 bits per heavy atom. The van der Waals surface area contributed by atoms with E-state index in [1.165, 1.54) is 0 Å². The number of rotatable bonds is 2. The highest BCUT2D eigenvalue weighted by Crippen LogP contribution is 2.19. The highest BCUT2D eigenvalue weighted by molar-refractivity contribution is 6.32. The van der Waals surface area contributed by atoms with E-state index in [4.69, 9.17) is 16.7 Å². The van der Waals surface area contributed by atoms with Crippen molar-refractivity contribution in [3.63, 3.8) is 0 Å². The number of aromatic nitrogens is 2. The van der Waals surface area contributed by atoms with Crippen molar-refractivity contribution in [2.24, 2.45) is 0 Å². The average molecular weight is 253 g/mol. The minimum Gasteiger partial charge on any atom is -0.506 e. The maximum Gasteiger partial charge on any atom is 0.275 e. The fourth-order valence-electron chi connectivity index (χ4n) is 1.39. The lowest BCUT2D eigenvalue weighted by molar-refractivity contribution is 0.266. The Morgan fingerprint density at radius 2 is 2.06 bits per heavy atom. The van der Waals surface area contributed by atoms with Gasteiger partial charge in [0.05, 0.1) is 17.3 Å². The molecule has 0 saturated carbocycles. The molecule has 17 heavy (non-hydrogen) atoms. The van der Waals surface area contributed by atoms with Crippen molar-refractivity contribution in [1.29, 1.82) is 0 Å². The number of hydrogen-bond donors (Lipinski definition) is 2. The predicted molar refractivity (Wildman–Crippen MR) is 62.4 cm³/mol. The smallest absolute Gasteiger partial charge is 0.275 e. The van der Waals surface area contributed by atoms with Crippen LogP contribution in [0.3, 0.4) is 0 Å². The summed E-state index contributed by atoms with van der Waals surface area (Å²) in [6.07, 6.45) is 0. The molecule has 1 aromatic carbocycles. The van der Waals surface area contributed by atoms with Gasteiger partial charge in [-0.1, -0.05) is 23.7 Å². The van der Waals surface area contributed by atoms with Gasteiger partial charge in [-0.05, 0) is 12.1 Å². The molecule has 0 unspecified atom stereocenters. The predicted octanol–water partition coefficient (Wildman–Crippen LogP) is 1.08. The second kappa shape index (κ2) is 4.57. The zero-order valence-corrected chi connectivity index (χ0v) is 9.42. The maximum atomic E-state index is 11.7. The number of aliphatic hydroxyl groups excluding tert-OH is 1. The molecule has 0 amide bonds. The van der Waals surface area contributed by atoms with Crippen LogP contribution in [0, 0.1) is 0 Å². The van der Waals surface area contributed by atoms with Crippen molar-refractivity contribution in [3.8, 4) is 11.4 Å². The molecule has 0 aliphatic carbocycles. The number of benzene rings is 1. The lowest BCUT2D eigenvalue weighted by atomic mass is 10.3. The zero-order valence-electron chi connectivity index (χ0n) is 8.67. The number of aromatic hydroxyl groups is 1. The van der Waals surface area contributed by atoms with Crippen molar-refractivity contribution >= 4 is 11.6 Å². The molecular weight excluding hydrogens is 244 g/mol. The first kappa shape index (κ1) is 11.6. The van der Waals surface area contributed by atoms with Crippen LogP contribution in [0.5, 0.6) is 5.75 Å². The van der Waals surface area contributed by atoms with E-state index >= 15 is 0 Å². The van der Waals surface area contributed by atoms with Gasteiger partial charge in [0.2, 0.25) is 0 Å². The summed E-state index contributed by atoms with van der Waals surface area (Å²) in [5.41, 5.74) is -0.105. The largest absolute Gasteiger partial charge is 0.506 e. The first-order chi connectivity index (χ1) is 8.13. The first-order valence-corrected chi connectivity index (χ1v) is 5.19. The Balaban J connectivity index is 2.68. The van der Waals surface area contributed by atoms with Crippen molar-refractivity contribution in [1.82, 2.24) is 9.78 Å². The summed E-state index contributed by atoms with van der Waals surface area (Å²) in [5.74, 6) is -0.333. The minimum absolute atomic E-state index is 0.0181. The number of aliphatic hydroxyl groups is 1. The molecule has 88 valence electrons. The van der Waals surface area contributed by atoms with Gasteiger partial charge < -0.3 is 10.2 Å². The topological polar surface area (TPSA) is 75.3 Å². The Labute approximate surface area is 102 Å². The first-order valence-electron chi connectivity index (χ1n) is 4.81. The molecule has 0 fully saturated rings. The van der Waals surface area contributed by atoms with Gasteiger partial charge in [0.1, 0.15) is 11.4 Å². The maximum absolute atomic E-state index is 11.7. The van der Waals surface area contributed by atoms with Crippen molar-refractivity contribution in [2.45, 2.75) is 6.61 Å². The van der Waals surface area contributed by atoms with Gasteiger partial charge >= 0.3 is 0 Å². The van der Waals surface area contributed by atoms with Crippen LogP contribution >= 0.6 is 11.6 Å². The number of hydrogen-bond acceptors (Lipinski definition) is 4. The van der Waals surface area contributed by atoms with Crippen molar-refractivity contribution < 1.29 is 10.2 Å².